The van der Waals surface area contributed by atoms with Crippen molar-refractivity contribution in [2.45, 2.75) is 58.8 Å². The van der Waals surface area contributed by atoms with Gasteiger partial charge in [-0.1, -0.05) is 19.4 Å². The highest BCUT2D eigenvalue weighted by Crippen LogP contribution is 2.63. The summed E-state index contributed by atoms with van der Waals surface area (Å²) in [6.45, 7) is 4.22. The van der Waals surface area contributed by atoms with Crippen LogP contribution in [0, 0.1) is 28.6 Å². The first-order valence-electron chi connectivity index (χ1n) is 8.66. The molecule has 3 heteroatoms. The Hall–Kier alpha value is -1.25. The molecule has 0 unspecified atom stereocenters. The van der Waals surface area contributed by atoms with Gasteiger partial charge < -0.3 is 0 Å². The highest BCUT2D eigenvalue weighted by atomic mass is 16.1. The molecule has 0 saturated heterocycles. The Labute approximate surface area is 131 Å². The van der Waals surface area contributed by atoms with E-state index in [0.29, 0.717) is 36.9 Å². The topological polar surface area (TPSA) is 51.2 Å². The number of rotatable bonds is 0. The van der Waals surface area contributed by atoms with Crippen molar-refractivity contribution in [3.8, 4) is 0 Å². The van der Waals surface area contributed by atoms with Crippen LogP contribution in [0.3, 0.4) is 0 Å². The summed E-state index contributed by atoms with van der Waals surface area (Å²) in [4.78, 5) is 37.1. The standard InChI is InChI=1S/C19H24O3/c1-18-8-7-12(20)9-11(18)3-4-13-14-5-6-16(22)19(14,2)10-15(21)17(13)18/h9,13-14,17H,3-8,10H2,1-2H3/t13-,14-,17-,18-,19-/m0/s1. The lowest BCUT2D eigenvalue weighted by Gasteiger charge is -2.55. The molecule has 0 radical (unpaired) electrons. The first-order valence-corrected chi connectivity index (χ1v) is 8.66. The van der Waals surface area contributed by atoms with Crippen LogP contribution in [0.1, 0.15) is 58.8 Å². The average molecular weight is 300 g/mol. The average Bonchev–Trinajstić information content (AvgIpc) is 2.75. The molecule has 3 fully saturated rings. The molecule has 4 aliphatic carbocycles. The van der Waals surface area contributed by atoms with E-state index in [9.17, 15) is 14.4 Å². The van der Waals surface area contributed by atoms with Crippen molar-refractivity contribution in [1.82, 2.24) is 0 Å². The molecule has 4 aliphatic rings. The molecule has 0 heterocycles. The Morgan fingerprint density at radius 3 is 2.55 bits per heavy atom. The fourth-order valence-corrected chi connectivity index (χ4v) is 6.16. The molecule has 0 amide bonds. The normalized spacial score (nSPS) is 47.6. The van der Waals surface area contributed by atoms with Crippen LogP contribution in [-0.4, -0.2) is 17.3 Å². The second-order valence-corrected chi connectivity index (χ2v) is 8.36. The largest absolute Gasteiger partial charge is 0.299 e. The third-order valence-electron chi connectivity index (χ3n) is 7.36. The van der Waals surface area contributed by atoms with Crippen molar-refractivity contribution < 1.29 is 14.4 Å². The van der Waals surface area contributed by atoms with E-state index in [-0.39, 0.29) is 22.9 Å². The third-order valence-corrected chi connectivity index (χ3v) is 7.36. The van der Waals surface area contributed by atoms with Crippen molar-refractivity contribution in [3.63, 3.8) is 0 Å². The number of hydrogen-bond acceptors (Lipinski definition) is 3. The number of fused-ring (bicyclic) bond motifs is 5. The Balaban J connectivity index is 1.77. The van der Waals surface area contributed by atoms with E-state index in [1.807, 2.05) is 13.0 Å². The molecule has 0 aliphatic heterocycles. The predicted molar refractivity (Wildman–Crippen MR) is 82.1 cm³/mol. The monoisotopic (exact) mass is 300 g/mol. The fraction of sp³-hybridized carbons (Fsp3) is 0.737. The molecule has 118 valence electrons. The molecular weight excluding hydrogens is 276 g/mol. The Morgan fingerprint density at radius 1 is 1.00 bits per heavy atom. The van der Waals surface area contributed by atoms with Crippen LogP contribution in [0.4, 0.5) is 0 Å². The van der Waals surface area contributed by atoms with Gasteiger partial charge in [0.15, 0.2) is 5.78 Å². The minimum atomic E-state index is -0.402. The molecular formula is C19H24O3. The zero-order valence-electron chi connectivity index (χ0n) is 13.5. The van der Waals surface area contributed by atoms with E-state index in [2.05, 4.69) is 6.92 Å². The van der Waals surface area contributed by atoms with Gasteiger partial charge in [-0.05, 0) is 49.0 Å². The summed E-state index contributed by atoms with van der Waals surface area (Å²) in [5.41, 5.74) is 0.660. The van der Waals surface area contributed by atoms with Gasteiger partial charge in [-0.3, -0.25) is 14.4 Å². The SMILES string of the molecule is C[C@]12CCC(=O)C=C1CC[C@@H]1[C@H]2C(=O)C[C@]2(C)C(=O)CC[C@@H]12. The van der Waals surface area contributed by atoms with Crippen molar-refractivity contribution in [1.29, 1.82) is 0 Å². The van der Waals surface area contributed by atoms with E-state index < -0.39 is 5.41 Å². The highest BCUT2D eigenvalue weighted by Gasteiger charge is 2.62. The zero-order valence-corrected chi connectivity index (χ0v) is 13.5. The number of ketones is 3. The number of carbonyl (C=O) groups is 3. The van der Waals surface area contributed by atoms with E-state index in [1.165, 1.54) is 5.57 Å². The summed E-state index contributed by atoms with van der Waals surface area (Å²) >= 11 is 0. The van der Waals surface area contributed by atoms with E-state index in [0.717, 1.165) is 25.7 Å². The van der Waals surface area contributed by atoms with Crippen molar-refractivity contribution in [2.24, 2.45) is 28.6 Å². The van der Waals surface area contributed by atoms with Crippen LogP contribution in [0.15, 0.2) is 11.6 Å². The molecule has 0 aromatic carbocycles. The zero-order chi connectivity index (χ0) is 15.7. The van der Waals surface area contributed by atoms with Gasteiger partial charge in [0, 0.05) is 30.6 Å². The number of allylic oxidation sites excluding steroid dienone is 1. The van der Waals surface area contributed by atoms with Gasteiger partial charge in [-0.2, -0.15) is 0 Å². The first kappa shape index (κ1) is 14.3. The Morgan fingerprint density at radius 2 is 1.77 bits per heavy atom. The molecule has 5 atom stereocenters. The van der Waals surface area contributed by atoms with Crippen LogP contribution in [0.2, 0.25) is 0 Å². The predicted octanol–water partition coefficient (Wildman–Crippen LogP) is 3.27. The lowest BCUT2D eigenvalue weighted by molar-refractivity contribution is -0.149. The molecule has 3 saturated carbocycles. The maximum Gasteiger partial charge on any atom is 0.155 e. The maximum atomic E-state index is 13.0. The van der Waals surface area contributed by atoms with Gasteiger partial charge in [0.1, 0.15) is 11.6 Å². The van der Waals surface area contributed by atoms with Crippen molar-refractivity contribution in [2.75, 3.05) is 0 Å². The molecule has 3 nitrogen and oxygen atoms in total. The van der Waals surface area contributed by atoms with Gasteiger partial charge in [-0.15, -0.1) is 0 Å². The van der Waals surface area contributed by atoms with Crippen LogP contribution in [0.25, 0.3) is 0 Å². The smallest absolute Gasteiger partial charge is 0.155 e. The molecule has 0 N–H and O–H groups in total. The van der Waals surface area contributed by atoms with Gasteiger partial charge in [-0.25, -0.2) is 0 Å². The minimum Gasteiger partial charge on any atom is -0.299 e. The quantitative estimate of drug-likeness (QED) is 0.690. The van der Waals surface area contributed by atoms with E-state index >= 15 is 0 Å². The van der Waals surface area contributed by atoms with Crippen LogP contribution >= 0.6 is 0 Å². The van der Waals surface area contributed by atoms with Crippen LogP contribution < -0.4 is 0 Å². The summed E-state index contributed by atoms with van der Waals surface area (Å²) in [7, 11) is 0. The van der Waals surface area contributed by atoms with Gasteiger partial charge in [0.25, 0.3) is 0 Å². The maximum absolute atomic E-state index is 13.0. The Bertz CT molecular complexity index is 616. The van der Waals surface area contributed by atoms with Crippen molar-refractivity contribution in [3.05, 3.63) is 11.6 Å². The molecule has 0 aromatic rings. The molecule has 22 heavy (non-hydrogen) atoms. The van der Waals surface area contributed by atoms with E-state index in [1.54, 1.807) is 0 Å². The molecule has 0 spiro atoms. The second-order valence-electron chi connectivity index (χ2n) is 8.36. The molecule has 0 bridgehead atoms. The fourth-order valence-electron chi connectivity index (χ4n) is 6.16. The van der Waals surface area contributed by atoms with Crippen LogP contribution in [-0.2, 0) is 14.4 Å². The summed E-state index contributed by atoms with van der Waals surface area (Å²) in [6, 6.07) is 0. The second kappa shape index (κ2) is 4.39. The molecule has 4 rings (SSSR count). The number of hydrogen-bond donors (Lipinski definition) is 0. The summed E-state index contributed by atoms with van der Waals surface area (Å²) in [5.74, 6) is 1.54. The summed E-state index contributed by atoms with van der Waals surface area (Å²) in [6.07, 6.45) is 7.12. The van der Waals surface area contributed by atoms with E-state index in [4.69, 9.17) is 0 Å². The molecule has 0 aromatic heterocycles. The Kier molecular flexibility index (Phi) is 2.87. The van der Waals surface area contributed by atoms with Gasteiger partial charge in [0.05, 0.1) is 0 Å². The summed E-state index contributed by atoms with van der Waals surface area (Å²) < 4.78 is 0. The van der Waals surface area contributed by atoms with Crippen molar-refractivity contribution >= 4 is 17.3 Å². The van der Waals surface area contributed by atoms with Gasteiger partial charge >= 0.3 is 0 Å². The number of Topliss-reactive ketones (excluding diaryl/α,β-unsaturated/α-hetero) is 2. The van der Waals surface area contributed by atoms with Crippen LogP contribution in [0.5, 0.6) is 0 Å². The first-order chi connectivity index (χ1) is 10.4. The number of carbonyl (C=O) groups excluding carboxylic acids is 3. The van der Waals surface area contributed by atoms with Gasteiger partial charge in [0.2, 0.25) is 0 Å². The lowest BCUT2D eigenvalue weighted by Crippen LogP contribution is -2.55. The third kappa shape index (κ3) is 1.65. The summed E-state index contributed by atoms with van der Waals surface area (Å²) in [5, 5.41) is 0. The highest BCUT2D eigenvalue weighted by molar-refractivity contribution is 5.96. The minimum absolute atomic E-state index is 0.0320. The lowest BCUT2D eigenvalue weighted by atomic mass is 9.47.